The molecule has 2 amide bonds. The quantitative estimate of drug-likeness (QED) is 0.221. The molecule has 2 heterocycles. The highest BCUT2D eigenvalue weighted by atomic mass is 16.5. The number of rotatable bonds is 11. The maximum Gasteiger partial charge on any atom is 0.220 e. The van der Waals surface area contributed by atoms with Crippen LogP contribution in [0.5, 0.6) is 17.2 Å². The molecule has 44 heavy (non-hydrogen) atoms. The Morgan fingerprint density at radius 2 is 1.84 bits per heavy atom. The zero-order valence-electron chi connectivity index (χ0n) is 25.2. The van der Waals surface area contributed by atoms with Crippen molar-refractivity contribution in [3.8, 4) is 28.4 Å². The topological polar surface area (TPSA) is 145 Å². The summed E-state index contributed by atoms with van der Waals surface area (Å²) in [5.74, 6) is 1.80. The zero-order valence-corrected chi connectivity index (χ0v) is 25.2. The van der Waals surface area contributed by atoms with Crippen LogP contribution in [-0.2, 0) is 22.6 Å². The average molecular weight is 601 g/mol. The molecule has 5 rings (SSSR count). The summed E-state index contributed by atoms with van der Waals surface area (Å²) < 4.78 is 18.9. The van der Waals surface area contributed by atoms with Crippen molar-refractivity contribution in [1.82, 2.24) is 25.2 Å². The second-order valence-electron chi connectivity index (χ2n) is 10.4. The van der Waals surface area contributed by atoms with Crippen LogP contribution >= 0.6 is 0 Å². The van der Waals surface area contributed by atoms with E-state index in [-0.39, 0.29) is 30.2 Å². The molecule has 0 unspecified atom stereocenters. The van der Waals surface area contributed by atoms with Crippen molar-refractivity contribution in [3.63, 3.8) is 0 Å². The number of hydrogen-bond donors (Lipinski definition) is 3. The molecular formula is C32H36N6O6. The van der Waals surface area contributed by atoms with Gasteiger partial charge in [-0.3, -0.25) is 18.8 Å². The number of methoxy groups -OCH3 is 3. The Morgan fingerprint density at radius 3 is 2.59 bits per heavy atom. The molecule has 1 atom stereocenters. The molecule has 1 aliphatic rings. The SMILES string of the molecule is COc1cc2c(c(OC)c1OC)-c1ccc(NCCCC(=O)NCc3nnc4ccccn34)c(=O)cc1[C@@H](NC(C)=O)CC2. The Bertz CT molecular complexity index is 1750. The lowest BCUT2D eigenvalue weighted by molar-refractivity contribution is -0.121. The summed E-state index contributed by atoms with van der Waals surface area (Å²) in [5, 5.41) is 17.3. The van der Waals surface area contributed by atoms with Gasteiger partial charge in [0, 0.05) is 31.6 Å². The van der Waals surface area contributed by atoms with E-state index in [1.54, 1.807) is 33.5 Å². The second-order valence-corrected chi connectivity index (χ2v) is 10.4. The van der Waals surface area contributed by atoms with E-state index in [1.165, 1.54) is 6.92 Å². The number of pyridine rings is 1. The van der Waals surface area contributed by atoms with Crippen LogP contribution in [0.25, 0.3) is 16.8 Å². The smallest absolute Gasteiger partial charge is 0.220 e. The van der Waals surface area contributed by atoms with Gasteiger partial charge in [0.05, 0.1) is 39.6 Å². The fourth-order valence-electron chi connectivity index (χ4n) is 5.60. The molecule has 2 aromatic heterocycles. The van der Waals surface area contributed by atoms with Gasteiger partial charge in [-0.15, -0.1) is 10.2 Å². The van der Waals surface area contributed by atoms with E-state index in [0.29, 0.717) is 65.8 Å². The minimum absolute atomic E-state index is 0.126. The summed E-state index contributed by atoms with van der Waals surface area (Å²) in [7, 11) is 4.68. The Balaban J connectivity index is 1.35. The van der Waals surface area contributed by atoms with E-state index in [9.17, 15) is 14.4 Å². The number of benzene rings is 1. The highest BCUT2D eigenvalue weighted by molar-refractivity contribution is 5.84. The van der Waals surface area contributed by atoms with E-state index < -0.39 is 6.04 Å². The Morgan fingerprint density at radius 1 is 1.02 bits per heavy atom. The van der Waals surface area contributed by atoms with Crippen LogP contribution < -0.4 is 35.6 Å². The maximum absolute atomic E-state index is 13.4. The Kier molecular flexibility index (Phi) is 9.27. The van der Waals surface area contributed by atoms with E-state index in [2.05, 4.69) is 26.1 Å². The van der Waals surface area contributed by atoms with Gasteiger partial charge in [-0.05, 0) is 66.3 Å². The molecule has 0 fully saturated rings. The van der Waals surface area contributed by atoms with Gasteiger partial charge in [0.25, 0.3) is 0 Å². The molecule has 1 aliphatic carbocycles. The molecule has 0 radical (unpaired) electrons. The summed E-state index contributed by atoms with van der Waals surface area (Å²) in [6.45, 7) is 2.13. The molecular weight excluding hydrogens is 564 g/mol. The number of ether oxygens (including phenoxy) is 3. The number of aromatic nitrogens is 3. The molecule has 0 saturated carbocycles. The number of hydrogen-bond acceptors (Lipinski definition) is 9. The molecule has 0 saturated heterocycles. The molecule has 3 N–H and O–H groups in total. The molecule has 0 aliphatic heterocycles. The number of carbonyl (C=O) groups is 2. The first-order valence-corrected chi connectivity index (χ1v) is 14.4. The average Bonchev–Trinajstić information content (AvgIpc) is 3.29. The van der Waals surface area contributed by atoms with Crippen LogP contribution in [0.2, 0.25) is 0 Å². The fourth-order valence-corrected chi connectivity index (χ4v) is 5.60. The fraction of sp³-hybridized carbons (Fsp3) is 0.344. The van der Waals surface area contributed by atoms with Crippen molar-refractivity contribution < 1.29 is 23.8 Å². The number of nitrogens with one attached hydrogen (secondary N) is 3. The minimum atomic E-state index is -0.393. The Hall–Kier alpha value is -5.13. The standard InChI is InChI=1S/C32H36N6O6/c1-19(39)35-23-12-10-20-16-26(42-2)31(43-3)32(44-4)30(20)21-11-13-24(25(40)17-22(21)23)33-14-7-9-29(41)34-18-28-37-36-27-8-5-6-15-38(27)28/h5-6,8,11,13,15-17,23H,7,9-10,12,14,18H2,1-4H3,(H,33,40)(H,34,41)(H,35,39)/t23-/m0/s1. The van der Waals surface area contributed by atoms with Crippen LogP contribution in [0.1, 0.15) is 49.2 Å². The summed E-state index contributed by atoms with van der Waals surface area (Å²) in [5.41, 5.74) is 4.04. The van der Waals surface area contributed by atoms with Gasteiger partial charge in [-0.1, -0.05) is 12.1 Å². The molecule has 0 spiro atoms. The van der Waals surface area contributed by atoms with Crippen LogP contribution in [-0.4, -0.2) is 54.3 Å². The lowest BCUT2D eigenvalue weighted by Crippen LogP contribution is -2.26. The van der Waals surface area contributed by atoms with Gasteiger partial charge in [-0.2, -0.15) is 0 Å². The lowest BCUT2D eigenvalue weighted by atomic mass is 9.95. The molecule has 12 heteroatoms. The van der Waals surface area contributed by atoms with Crippen molar-refractivity contribution in [3.05, 3.63) is 75.8 Å². The van der Waals surface area contributed by atoms with Crippen molar-refractivity contribution in [2.45, 2.75) is 45.2 Å². The van der Waals surface area contributed by atoms with E-state index in [0.717, 1.165) is 16.7 Å². The van der Waals surface area contributed by atoms with Gasteiger partial charge in [-0.25, -0.2) is 0 Å². The van der Waals surface area contributed by atoms with E-state index in [1.807, 2.05) is 40.9 Å². The number of aryl methyl sites for hydroxylation is 1. The first-order chi connectivity index (χ1) is 21.3. The normalized spacial score (nSPS) is 13.7. The van der Waals surface area contributed by atoms with Crippen LogP contribution in [0.15, 0.2) is 53.5 Å². The molecule has 4 aromatic rings. The third kappa shape index (κ3) is 6.29. The number of anilines is 1. The lowest BCUT2D eigenvalue weighted by Gasteiger charge is -2.19. The zero-order chi connectivity index (χ0) is 31.2. The summed E-state index contributed by atoms with van der Waals surface area (Å²) in [6, 6.07) is 12.3. The van der Waals surface area contributed by atoms with Crippen LogP contribution in [0, 0.1) is 0 Å². The van der Waals surface area contributed by atoms with Gasteiger partial charge in [0.2, 0.25) is 23.0 Å². The monoisotopic (exact) mass is 600 g/mol. The van der Waals surface area contributed by atoms with Crippen molar-refractivity contribution in [2.24, 2.45) is 0 Å². The van der Waals surface area contributed by atoms with Gasteiger partial charge < -0.3 is 30.2 Å². The van der Waals surface area contributed by atoms with Crippen molar-refractivity contribution in [1.29, 1.82) is 0 Å². The first-order valence-electron chi connectivity index (χ1n) is 14.4. The summed E-state index contributed by atoms with van der Waals surface area (Å²) in [6.07, 6.45) is 3.81. The van der Waals surface area contributed by atoms with E-state index >= 15 is 0 Å². The highest BCUT2D eigenvalue weighted by Crippen LogP contribution is 2.50. The number of nitrogens with zero attached hydrogens (tertiary/aromatic N) is 3. The molecule has 0 bridgehead atoms. The van der Waals surface area contributed by atoms with Gasteiger partial charge in [0.15, 0.2) is 23.0 Å². The van der Waals surface area contributed by atoms with Crippen molar-refractivity contribution >= 4 is 23.1 Å². The number of fused-ring (bicyclic) bond motifs is 4. The maximum atomic E-state index is 13.4. The van der Waals surface area contributed by atoms with E-state index in [4.69, 9.17) is 14.2 Å². The molecule has 2 aromatic carbocycles. The highest BCUT2D eigenvalue weighted by Gasteiger charge is 2.29. The first kappa shape index (κ1) is 30.3. The second kappa shape index (κ2) is 13.4. The minimum Gasteiger partial charge on any atom is -0.493 e. The third-order valence-corrected chi connectivity index (χ3v) is 7.64. The number of amides is 2. The van der Waals surface area contributed by atoms with Gasteiger partial charge in [0.1, 0.15) is 0 Å². The summed E-state index contributed by atoms with van der Waals surface area (Å²) in [4.78, 5) is 38.1. The summed E-state index contributed by atoms with van der Waals surface area (Å²) >= 11 is 0. The van der Waals surface area contributed by atoms with Crippen LogP contribution in [0.3, 0.4) is 0 Å². The third-order valence-electron chi connectivity index (χ3n) is 7.64. The Labute approximate surface area is 254 Å². The van der Waals surface area contributed by atoms with Crippen molar-refractivity contribution in [2.75, 3.05) is 33.2 Å². The number of carbonyl (C=O) groups excluding carboxylic acids is 2. The predicted molar refractivity (Wildman–Crippen MR) is 165 cm³/mol. The largest absolute Gasteiger partial charge is 0.493 e. The molecule has 12 nitrogen and oxygen atoms in total. The predicted octanol–water partition coefficient (Wildman–Crippen LogP) is 3.41. The molecule has 230 valence electrons. The van der Waals surface area contributed by atoms with Gasteiger partial charge >= 0.3 is 0 Å². The van der Waals surface area contributed by atoms with Crippen LogP contribution in [0.4, 0.5) is 5.69 Å².